The van der Waals surface area contributed by atoms with Gasteiger partial charge in [0.15, 0.2) is 0 Å². The van der Waals surface area contributed by atoms with Crippen molar-refractivity contribution >= 4 is 22.9 Å². The minimum Gasteiger partial charge on any atom is -0.495 e. The van der Waals surface area contributed by atoms with Crippen molar-refractivity contribution in [2.24, 2.45) is 0 Å². The summed E-state index contributed by atoms with van der Waals surface area (Å²) in [7, 11) is 1.68. The zero-order valence-electron chi connectivity index (χ0n) is 18.1. The molecule has 1 fully saturated rings. The van der Waals surface area contributed by atoms with E-state index in [0.717, 1.165) is 40.8 Å². The molecule has 0 saturated carbocycles. The SMILES string of the molecule is COc1ccccc1N1CCN(C(=O)c2csc(-c3ccc(OC(C)C)cc3)n2)CC1. The van der Waals surface area contributed by atoms with Crippen LogP contribution in [-0.4, -0.2) is 55.2 Å². The zero-order valence-corrected chi connectivity index (χ0v) is 18.9. The normalized spacial score (nSPS) is 14.1. The largest absolute Gasteiger partial charge is 0.495 e. The molecule has 1 saturated heterocycles. The van der Waals surface area contributed by atoms with Crippen LogP contribution in [-0.2, 0) is 0 Å². The Morgan fingerprint density at radius 2 is 1.74 bits per heavy atom. The summed E-state index contributed by atoms with van der Waals surface area (Å²) in [5.74, 6) is 1.68. The van der Waals surface area contributed by atoms with Crippen LogP contribution in [0.5, 0.6) is 11.5 Å². The monoisotopic (exact) mass is 437 g/mol. The second kappa shape index (κ2) is 9.39. The van der Waals surface area contributed by atoms with Gasteiger partial charge in [0, 0.05) is 37.1 Å². The number of ether oxygens (including phenoxy) is 2. The number of anilines is 1. The van der Waals surface area contributed by atoms with Crippen molar-refractivity contribution in [2.75, 3.05) is 38.2 Å². The maximum Gasteiger partial charge on any atom is 0.273 e. The second-order valence-electron chi connectivity index (χ2n) is 7.68. The van der Waals surface area contributed by atoms with E-state index in [-0.39, 0.29) is 12.0 Å². The number of benzene rings is 2. The number of hydrogen-bond donors (Lipinski definition) is 0. The molecule has 1 amide bonds. The first kappa shape index (κ1) is 21.2. The van der Waals surface area contributed by atoms with Gasteiger partial charge in [-0.25, -0.2) is 4.98 Å². The molecule has 7 heteroatoms. The molecule has 4 rings (SSSR count). The molecule has 1 aromatic heterocycles. The highest BCUT2D eigenvalue weighted by molar-refractivity contribution is 7.13. The van der Waals surface area contributed by atoms with Crippen molar-refractivity contribution in [3.63, 3.8) is 0 Å². The highest BCUT2D eigenvalue weighted by Gasteiger charge is 2.25. The Kier molecular flexibility index (Phi) is 6.42. The van der Waals surface area contributed by atoms with E-state index in [1.165, 1.54) is 11.3 Å². The van der Waals surface area contributed by atoms with Gasteiger partial charge in [0.25, 0.3) is 5.91 Å². The Labute approximate surface area is 187 Å². The Bertz CT molecular complexity index is 1020. The van der Waals surface area contributed by atoms with Crippen LogP contribution in [0.25, 0.3) is 10.6 Å². The fourth-order valence-corrected chi connectivity index (χ4v) is 4.46. The van der Waals surface area contributed by atoms with Gasteiger partial charge < -0.3 is 19.3 Å². The number of thiazole rings is 1. The van der Waals surface area contributed by atoms with Crippen molar-refractivity contribution in [3.05, 3.63) is 59.6 Å². The lowest BCUT2D eigenvalue weighted by atomic mass is 10.2. The number of rotatable bonds is 6. The number of piperazine rings is 1. The molecule has 6 nitrogen and oxygen atoms in total. The van der Waals surface area contributed by atoms with Crippen molar-refractivity contribution in [2.45, 2.75) is 20.0 Å². The molecule has 31 heavy (non-hydrogen) atoms. The molecule has 0 N–H and O–H groups in total. The summed E-state index contributed by atoms with van der Waals surface area (Å²) in [4.78, 5) is 21.7. The van der Waals surface area contributed by atoms with Gasteiger partial charge in [0.05, 0.1) is 18.9 Å². The first-order chi connectivity index (χ1) is 15.0. The molecular weight excluding hydrogens is 410 g/mol. The number of aromatic nitrogens is 1. The fourth-order valence-electron chi connectivity index (χ4n) is 3.66. The predicted molar refractivity (Wildman–Crippen MR) is 124 cm³/mol. The lowest BCUT2D eigenvalue weighted by Gasteiger charge is -2.36. The van der Waals surface area contributed by atoms with Gasteiger partial charge in [0.2, 0.25) is 0 Å². The standard InChI is InChI=1S/C24H27N3O3S/c1-17(2)30-19-10-8-18(9-11-19)23-25-20(16-31-23)24(28)27-14-12-26(13-15-27)21-6-4-5-7-22(21)29-3/h4-11,16-17H,12-15H2,1-3H3. The van der Waals surface area contributed by atoms with E-state index in [1.54, 1.807) is 7.11 Å². The average Bonchev–Trinajstić information content (AvgIpc) is 3.29. The summed E-state index contributed by atoms with van der Waals surface area (Å²) in [6.07, 6.45) is 0.137. The van der Waals surface area contributed by atoms with Gasteiger partial charge >= 0.3 is 0 Å². The molecule has 1 aliphatic rings. The fraction of sp³-hybridized carbons (Fsp3) is 0.333. The van der Waals surface area contributed by atoms with Crippen LogP contribution in [0, 0.1) is 0 Å². The second-order valence-corrected chi connectivity index (χ2v) is 8.54. The summed E-state index contributed by atoms with van der Waals surface area (Å²) in [5, 5.41) is 2.69. The van der Waals surface area contributed by atoms with E-state index in [1.807, 2.05) is 66.6 Å². The Hall–Kier alpha value is -3.06. The molecule has 0 aliphatic carbocycles. The number of amides is 1. The molecule has 0 unspecified atom stereocenters. The van der Waals surface area contributed by atoms with Crippen LogP contribution in [0.2, 0.25) is 0 Å². The van der Waals surface area contributed by atoms with Crippen LogP contribution in [0.3, 0.4) is 0 Å². The maximum atomic E-state index is 13.0. The van der Waals surface area contributed by atoms with Gasteiger partial charge in [-0.2, -0.15) is 0 Å². The van der Waals surface area contributed by atoms with Gasteiger partial charge in [-0.05, 0) is 50.2 Å². The number of para-hydroxylation sites is 2. The maximum absolute atomic E-state index is 13.0. The van der Waals surface area contributed by atoms with E-state index in [2.05, 4.69) is 16.0 Å². The highest BCUT2D eigenvalue weighted by Crippen LogP contribution is 2.29. The topological polar surface area (TPSA) is 54.9 Å². The summed E-state index contributed by atoms with van der Waals surface area (Å²) < 4.78 is 11.2. The lowest BCUT2D eigenvalue weighted by Crippen LogP contribution is -2.49. The summed E-state index contributed by atoms with van der Waals surface area (Å²) in [6, 6.07) is 15.8. The van der Waals surface area contributed by atoms with Gasteiger partial charge in [-0.1, -0.05) is 12.1 Å². The van der Waals surface area contributed by atoms with Crippen LogP contribution in [0.1, 0.15) is 24.3 Å². The summed E-state index contributed by atoms with van der Waals surface area (Å²) in [5.41, 5.74) is 2.56. The molecule has 2 heterocycles. The molecule has 0 radical (unpaired) electrons. The van der Waals surface area contributed by atoms with Gasteiger partial charge in [-0.3, -0.25) is 4.79 Å². The third-order valence-corrected chi connectivity index (χ3v) is 6.08. The minimum atomic E-state index is -0.0121. The van der Waals surface area contributed by atoms with Gasteiger partial charge in [-0.15, -0.1) is 11.3 Å². The van der Waals surface area contributed by atoms with Crippen LogP contribution >= 0.6 is 11.3 Å². The van der Waals surface area contributed by atoms with E-state index in [0.29, 0.717) is 18.8 Å². The number of nitrogens with zero attached hydrogens (tertiary/aromatic N) is 3. The molecule has 2 aromatic carbocycles. The van der Waals surface area contributed by atoms with Crippen molar-refractivity contribution in [1.29, 1.82) is 0 Å². The van der Waals surface area contributed by atoms with E-state index < -0.39 is 0 Å². The highest BCUT2D eigenvalue weighted by atomic mass is 32.1. The molecule has 0 spiro atoms. The van der Waals surface area contributed by atoms with Crippen molar-refractivity contribution in [3.8, 4) is 22.1 Å². The Morgan fingerprint density at radius 3 is 2.42 bits per heavy atom. The molecule has 0 atom stereocenters. The first-order valence-corrected chi connectivity index (χ1v) is 11.3. The van der Waals surface area contributed by atoms with E-state index in [9.17, 15) is 4.79 Å². The van der Waals surface area contributed by atoms with Crippen molar-refractivity contribution in [1.82, 2.24) is 9.88 Å². The third kappa shape index (κ3) is 4.82. The molecular formula is C24H27N3O3S. The number of hydrogen-bond acceptors (Lipinski definition) is 6. The summed E-state index contributed by atoms with van der Waals surface area (Å²) in [6.45, 7) is 6.85. The number of carbonyl (C=O) groups is 1. The van der Waals surface area contributed by atoms with E-state index >= 15 is 0 Å². The first-order valence-electron chi connectivity index (χ1n) is 10.4. The predicted octanol–water partition coefficient (Wildman–Crippen LogP) is 4.57. The molecule has 0 bridgehead atoms. The number of carbonyl (C=O) groups excluding carboxylic acids is 1. The third-order valence-electron chi connectivity index (χ3n) is 5.19. The van der Waals surface area contributed by atoms with Gasteiger partial charge in [0.1, 0.15) is 22.2 Å². The zero-order chi connectivity index (χ0) is 21.8. The van der Waals surface area contributed by atoms with Crippen LogP contribution in [0.15, 0.2) is 53.9 Å². The molecule has 3 aromatic rings. The van der Waals surface area contributed by atoms with Crippen LogP contribution in [0.4, 0.5) is 5.69 Å². The minimum absolute atomic E-state index is 0.0121. The quantitative estimate of drug-likeness (QED) is 0.566. The van der Waals surface area contributed by atoms with Crippen LogP contribution < -0.4 is 14.4 Å². The molecule has 162 valence electrons. The van der Waals surface area contributed by atoms with E-state index in [4.69, 9.17) is 9.47 Å². The Balaban J connectivity index is 1.39. The molecule has 1 aliphatic heterocycles. The van der Waals surface area contributed by atoms with Crippen molar-refractivity contribution < 1.29 is 14.3 Å². The average molecular weight is 438 g/mol. The lowest BCUT2D eigenvalue weighted by molar-refractivity contribution is 0.0741. The summed E-state index contributed by atoms with van der Waals surface area (Å²) >= 11 is 1.49. The Morgan fingerprint density at radius 1 is 1.03 bits per heavy atom. The smallest absolute Gasteiger partial charge is 0.273 e. The number of methoxy groups -OCH3 is 1.